The van der Waals surface area contributed by atoms with Gasteiger partial charge in [0.05, 0.1) is 17.9 Å². The van der Waals surface area contributed by atoms with Gasteiger partial charge in [0.25, 0.3) is 0 Å². The summed E-state index contributed by atoms with van der Waals surface area (Å²) in [4.78, 5) is 31.9. The number of pyridine rings is 2. The zero-order valence-electron chi connectivity index (χ0n) is 17.6. The van der Waals surface area contributed by atoms with Crippen molar-refractivity contribution in [2.24, 2.45) is 5.92 Å². The number of ether oxygens (including phenoxy) is 1. The number of benzene rings is 1. The van der Waals surface area contributed by atoms with E-state index in [1.807, 2.05) is 19.9 Å². The molecule has 0 atom stereocenters. The lowest BCUT2D eigenvalue weighted by molar-refractivity contribution is -0.144. The number of hydrogen-bond donors (Lipinski definition) is 1. The number of fused-ring (bicyclic) bond motifs is 1. The number of carbonyl (C=O) groups is 2. The highest BCUT2D eigenvalue weighted by atomic mass is 19.1. The fourth-order valence-corrected chi connectivity index (χ4v) is 3.19. The third-order valence-electron chi connectivity index (χ3n) is 4.77. The fraction of sp³-hybridized carbons (Fsp3) is 0.333. The first-order valence-corrected chi connectivity index (χ1v) is 10.3. The van der Waals surface area contributed by atoms with Gasteiger partial charge in [-0.25, -0.2) is 19.2 Å². The van der Waals surface area contributed by atoms with Crippen LogP contribution >= 0.6 is 0 Å². The molecule has 3 aromatic rings. The number of halogens is 1. The second-order valence-corrected chi connectivity index (χ2v) is 7.86. The molecule has 2 heterocycles. The van der Waals surface area contributed by atoms with Gasteiger partial charge in [-0.3, -0.25) is 4.79 Å². The Morgan fingerprint density at radius 2 is 1.87 bits per heavy atom. The van der Waals surface area contributed by atoms with Crippen LogP contribution in [0.3, 0.4) is 0 Å². The van der Waals surface area contributed by atoms with Crippen molar-refractivity contribution in [3.8, 4) is 11.3 Å². The van der Waals surface area contributed by atoms with Gasteiger partial charge in [-0.2, -0.15) is 0 Å². The zero-order valence-corrected chi connectivity index (χ0v) is 17.6. The van der Waals surface area contributed by atoms with E-state index in [2.05, 4.69) is 9.97 Å². The molecule has 0 bridgehead atoms. The molecule has 3 rings (SSSR count). The van der Waals surface area contributed by atoms with Gasteiger partial charge in [-0.05, 0) is 67.1 Å². The third kappa shape index (κ3) is 6.07. The number of hydrogen-bond acceptors (Lipinski definition) is 5. The van der Waals surface area contributed by atoms with Gasteiger partial charge in [0.15, 0.2) is 5.65 Å². The molecule has 2 aromatic heterocycles. The van der Waals surface area contributed by atoms with E-state index >= 15 is 0 Å². The molecule has 0 saturated carbocycles. The first-order valence-electron chi connectivity index (χ1n) is 10.3. The van der Waals surface area contributed by atoms with Gasteiger partial charge in [0, 0.05) is 23.6 Å². The number of carbonyl (C=O) groups excluding carboxylic acids is 1. The molecule has 31 heavy (non-hydrogen) atoms. The van der Waals surface area contributed by atoms with E-state index < -0.39 is 5.97 Å². The monoisotopic (exact) mass is 424 g/mol. The van der Waals surface area contributed by atoms with E-state index in [9.17, 15) is 19.1 Å². The number of aromatic nitrogens is 2. The van der Waals surface area contributed by atoms with E-state index in [1.165, 1.54) is 18.3 Å². The number of aromatic carboxylic acids is 1. The van der Waals surface area contributed by atoms with Gasteiger partial charge in [-0.15, -0.1) is 0 Å². The van der Waals surface area contributed by atoms with Crippen molar-refractivity contribution in [3.63, 3.8) is 0 Å². The molecule has 1 N–H and O–H groups in total. The Morgan fingerprint density at radius 1 is 1.13 bits per heavy atom. The minimum atomic E-state index is -1.06. The maximum atomic E-state index is 13.4. The molecule has 0 radical (unpaired) electrons. The van der Waals surface area contributed by atoms with Crippen LogP contribution in [-0.4, -0.2) is 33.6 Å². The highest BCUT2D eigenvalue weighted by molar-refractivity contribution is 5.92. The Labute approximate surface area is 180 Å². The maximum absolute atomic E-state index is 13.4. The predicted molar refractivity (Wildman–Crippen MR) is 115 cm³/mol. The second kappa shape index (κ2) is 10.1. The molecular weight excluding hydrogens is 399 g/mol. The average molecular weight is 424 g/mol. The SMILES string of the molecule is CC(C)COC(=O)CCCCc1cc2cc(C(=O)O)cnc2nc1-c1ccc(F)cc1. The quantitative estimate of drug-likeness (QED) is 0.382. The van der Waals surface area contributed by atoms with Crippen molar-refractivity contribution in [1.29, 1.82) is 0 Å². The number of aryl methyl sites for hydroxylation is 1. The molecule has 0 aliphatic heterocycles. The van der Waals surface area contributed by atoms with Crippen LogP contribution in [-0.2, 0) is 16.0 Å². The molecule has 0 saturated heterocycles. The van der Waals surface area contributed by atoms with Crippen LogP contribution in [0.5, 0.6) is 0 Å². The lowest BCUT2D eigenvalue weighted by Crippen LogP contribution is -2.09. The zero-order chi connectivity index (χ0) is 22.4. The molecule has 0 aliphatic carbocycles. The standard InChI is InChI=1S/C24H25FN2O4/c1-15(2)14-31-21(28)6-4-3-5-17-11-18-12-19(24(29)30)13-26-23(18)27-22(17)16-7-9-20(25)10-8-16/h7-13,15H,3-6,14H2,1-2H3,(H,29,30). The number of esters is 1. The van der Waals surface area contributed by atoms with E-state index in [4.69, 9.17) is 4.74 Å². The molecule has 7 heteroatoms. The van der Waals surface area contributed by atoms with Crippen LogP contribution < -0.4 is 0 Å². The van der Waals surface area contributed by atoms with Crippen LogP contribution in [0.1, 0.15) is 49.0 Å². The van der Waals surface area contributed by atoms with Crippen LogP contribution in [0.25, 0.3) is 22.3 Å². The van der Waals surface area contributed by atoms with Gasteiger partial charge >= 0.3 is 11.9 Å². The van der Waals surface area contributed by atoms with Crippen LogP contribution in [0.2, 0.25) is 0 Å². The van der Waals surface area contributed by atoms with Gasteiger partial charge in [0.1, 0.15) is 5.82 Å². The summed E-state index contributed by atoms with van der Waals surface area (Å²) in [5, 5.41) is 9.86. The topological polar surface area (TPSA) is 89.4 Å². The van der Waals surface area contributed by atoms with Crippen molar-refractivity contribution >= 4 is 23.0 Å². The van der Waals surface area contributed by atoms with Gasteiger partial charge in [0.2, 0.25) is 0 Å². The predicted octanol–water partition coefficient (Wildman–Crippen LogP) is 5.05. The summed E-state index contributed by atoms with van der Waals surface area (Å²) in [6.45, 7) is 4.39. The Balaban J connectivity index is 1.82. The molecular formula is C24H25FN2O4. The normalized spacial score (nSPS) is 11.1. The van der Waals surface area contributed by atoms with Crippen LogP contribution in [0.15, 0.2) is 42.6 Å². The summed E-state index contributed by atoms with van der Waals surface area (Å²) >= 11 is 0. The van der Waals surface area contributed by atoms with Crippen LogP contribution in [0.4, 0.5) is 4.39 Å². The first-order chi connectivity index (χ1) is 14.8. The maximum Gasteiger partial charge on any atom is 0.337 e. The van der Waals surface area contributed by atoms with E-state index in [0.717, 1.165) is 17.5 Å². The van der Waals surface area contributed by atoms with Crippen molar-refractivity contribution in [2.75, 3.05) is 6.61 Å². The number of carboxylic acid groups (broad SMARTS) is 1. The molecule has 0 amide bonds. The van der Waals surface area contributed by atoms with E-state index in [1.54, 1.807) is 18.2 Å². The minimum absolute atomic E-state index is 0.0858. The summed E-state index contributed by atoms with van der Waals surface area (Å²) in [5.41, 5.74) is 2.82. The summed E-state index contributed by atoms with van der Waals surface area (Å²) in [7, 11) is 0. The van der Waals surface area contributed by atoms with E-state index in [0.29, 0.717) is 48.5 Å². The average Bonchev–Trinajstić information content (AvgIpc) is 2.74. The van der Waals surface area contributed by atoms with Crippen molar-refractivity contribution in [1.82, 2.24) is 9.97 Å². The summed E-state index contributed by atoms with van der Waals surface area (Å²) in [6.07, 6.45) is 3.62. The van der Waals surface area contributed by atoms with Crippen molar-refractivity contribution in [2.45, 2.75) is 39.5 Å². The highest BCUT2D eigenvalue weighted by Crippen LogP contribution is 2.27. The summed E-state index contributed by atoms with van der Waals surface area (Å²) in [5.74, 6) is -1.30. The fourth-order valence-electron chi connectivity index (χ4n) is 3.19. The lowest BCUT2D eigenvalue weighted by Gasteiger charge is -2.11. The molecule has 0 fully saturated rings. The van der Waals surface area contributed by atoms with Crippen molar-refractivity contribution in [3.05, 3.63) is 59.5 Å². The summed E-state index contributed by atoms with van der Waals surface area (Å²) < 4.78 is 18.6. The number of rotatable bonds is 9. The number of carboxylic acids is 1. The number of unbranched alkanes of at least 4 members (excludes halogenated alkanes) is 1. The molecule has 0 spiro atoms. The third-order valence-corrected chi connectivity index (χ3v) is 4.77. The molecule has 6 nitrogen and oxygen atoms in total. The Morgan fingerprint density at radius 3 is 2.55 bits per heavy atom. The van der Waals surface area contributed by atoms with Crippen molar-refractivity contribution < 1.29 is 23.8 Å². The van der Waals surface area contributed by atoms with E-state index in [-0.39, 0.29) is 17.3 Å². The smallest absolute Gasteiger partial charge is 0.337 e. The van der Waals surface area contributed by atoms with Crippen LogP contribution in [0, 0.1) is 11.7 Å². The molecule has 162 valence electrons. The Bertz CT molecular complexity index is 1080. The Kier molecular flexibility index (Phi) is 7.28. The molecule has 1 aromatic carbocycles. The van der Waals surface area contributed by atoms with Gasteiger partial charge < -0.3 is 9.84 Å². The molecule has 0 aliphatic rings. The Hall–Kier alpha value is -3.35. The lowest BCUT2D eigenvalue weighted by atomic mass is 9.99. The summed E-state index contributed by atoms with van der Waals surface area (Å²) in [6, 6.07) is 9.47. The second-order valence-electron chi connectivity index (χ2n) is 7.86. The number of nitrogens with zero attached hydrogens (tertiary/aromatic N) is 2. The first kappa shape index (κ1) is 22.3. The minimum Gasteiger partial charge on any atom is -0.478 e. The highest BCUT2D eigenvalue weighted by Gasteiger charge is 2.13. The molecule has 0 unspecified atom stereocenters. The van der Waals surface area contributed by atoms with Gasteiger partial charge in [-0.1, -0.05) is 13.8 Å². The largest absolute Gasteiger partial charge is 0.478 e.